The fourth-order valence-electron chi connectivity index (χ4n) is 1.04. The molecule has 0 aliphatic heterocycles. The lowest BCUT2D eigenvalue weighted by Gasteiger charge is -1.90. The molecule has 0 amide bonds. The molecule has 16 heavy (non-hydrogen) atoms. The van der Waals surface area contributed by atoms with Gasteiger partial charge in [-0.25, -0.2) is 13.5 Å². The molecule has 2 aromatic heterocycles. The number of nitrogens with one attached hydrogen (secondary N) is 1. The third-order valence-electron chi connectivity index (χ3n) is 1.80. The highest BCUT2D eigenvalue weighted by molar-refractivity contribution is 8.13. The van der Waals surface area contributed by atoms with Gasteiger partial charge in [0.05, 0.1) is 9.90 Å². The Bertz CT molecular complexity index is 632. The van der Waals surface area contributed by atoms with E-state index in [2.05, 4.69) is 15.2 Å². The van der Waals surface area contributed by atoms with Crippen LogP contribution in [0.4, 0.5) is 0 Å². The van der Waals surface area contributed by atoms with Crippen molar-refractivity contribution in [2.45, 2.75) is 12.1 Å². The average Bonchev–Trinajstić information content (AvgIpc) is 2.74. The van der Waals surface area contributed by atoms with E-state index in [-0.39, 0.29) is 11.0 Å². The van der Waals surface area contributed by atoms with Crippen LogP contribution in [0.15, 0.2) is 10.5 Å². The van der Waals surface area contributed by atoms with Crippen LogP contribution in [0.2, 0.25) is 5.02 Å². The quantitative estimate of drug-likeness (QED) is 0.864. The number of H-pyrrole nitrogens is 1. The number of aryl methyl sites for hydroxylation is 1. The summed E-state index contributed by atoms with van der Waals surface area (Å²) in [7, 11) is 1.22. The third-order valence-corrected chi connectivity index (χ3v) is 4.57. The monoisotopic (exact) mass is 297 g/mol. The Morgan fingerprint density at radius 1 is 1.50 bits per heavy atom. The van der Waals surface area contributed by atoms with E-state index in [4.69, 9.17) is 22.3 Å². The fraction of sp³-hybridized carbons (Fsp3) is 0.143. The Labute approximate surface area is 105 Å². The largest absolute Gasteiger partial charge is 0.296 e. The van der Waals surface area contributed by atoms with Crippen LogP contribution in [0.3, 0.4) is 0 Å². The van der Waals surface area contributed by atoms with Gasteiger partial charge in [0.2, 0.25) is 0 Å². The maximum Gasteiger partial charge on any atom is 0.296 e. The number of nitrogens with zero attached hydrogens (tertiary/aromatic N) is 2. The van der Waals surface area contributed by atoms with Crippen LogP contribution < -0.4 is 0 Å². The molecule has 0 aliphatic carbocycles. The first kappa shape index (κ1) is 11.8. The summed E-state index contributed by atoms with van der Waals surface area (Å²) < 4.78 is 21.9. The second-order valence-electron chi connectivity index (χ2n) is 2.96. The molecule has 5 nitrogen and oxygen atoms in total. The smallest absolute Gasteiger partial charge is 0.248 e. The molecule has 0 aliphatic rings. The molecule has 0 atom stereocenters. The van der Waals surface area contributed by atoms with Gasteiger partial charge in [-0.1, -0.05) is 11.6 Å². The summed E-state index contributed by atoms with van der Waals surface area (Å²) in [4.78, 5) is 4.38. The lowest BCUT2D eigenvalue weighted by Crippen LogP contribution is -1.92. The molecule has 2 rings (SSSR count). The maximum atomic E-state index is 11.0. The second-order valence-corrected chi connectivity index (χ2v) is 6.70. The fourth-order valence-corrected chi connectivity index (χ4v) is 2.81. The zero-order chi connectivity index (χ0) is 11.9. The molecule has 0 spiro atoms. The molecule has 1 N–H and O–H groups in total. The van der Waals surface area contributed by atoms with Gasteiger partial charge < -0.3 is 0 Å². The van der Waals surface area contributed by atoms with Crippen molar-refractivity contribution in [1.82, 2.24) is 15.2 Å². The van der Waals surface area contributed by atoms with Crippen molar-refractivity contribution in [1.29, 1.82) is 0 Å². The van der Waals surface area contributed by atoms with Crippen molar-refractivity contribution in [3.63, 3.8) is 0 Å². The molecule has 0 bridgehead atoms. The number of thiophene rings is 1. The highest BCUT2D eigenvalue weighted by atomic mass is 35.7. The predicted octanol–water partition coefficient (Wildman–Crippen LogP) is 2.42. The molecule has 0 saturated carbocycles. The van der Waals surface area contributed by atoms with Gasteiger partial charge in [0.1, 0.15) is 0 Å². The lowest BCUT2D eigenvalue weighted by atomic mass is 10.3. The van der Waals surface area contributed by atoms with Gasteiger partial charge in [0.15, 0.2) is 5.82 Å². The number of hydrogen-bond donors (Lipinski definition) is 1. The number of aromatic amines is 1. The minimum atomic E-state index is -3.89. The molecule has 0 saturated heterocycles. The number of aromatic nitrogens is 3. The summed E-state index contributed by atoms with van der Waals surface area (Å²) >= 11 is 7.34. The van der Waals surface area contributed by atoms with E-state index in [1.165, 1.54) is 11.3 Å². The van der Waals surface area contributed by atoms with Crippen LogP contribution in [0, 0.1) is 6.92 Å². The minimum absolute atomic E-state index is 0.224. The molecule has 2 aromatic rings. The first-order valence-corrected chi connectivity index (χ1v) is 7.57. The van der Waals surface area contributed by atoms with E-state index in [0.29, 0.717) is 9.90 Å². The van der Waals surface area contributed by atoms with Crippen molar-refractivity contribution < 1.29 is 8.42 Å². The van der Waals surface area contributed by atoms with E-state index in [9.17, 15) is 8.42 Å². The van der Waals surface area contributed by atoms with Crippen molar-refractivity contribution in [3.8, 4) is 10.7 Å². The Morgan fingerprint density at radius 3 is 2.62 bits per heavy atom. The summed E-state index contributed by atoms with van der Waals surface area (Å²) in [5.41, 5.74) is 0.891. The van der Waals surface area contributed by atoms with E-state index in [0.717, 1.165) is 5.56 Å². The first-order chi connectivity index (χ1) is 7.39. The Morgan fingerprint density at radius 2 is 2.19 bits per heavy atom. The SMILES string of the molecule is Cc1csc(-c2n[nH]c(S(=O)(=O)Cl)n2)c1Cl. The molecule has 86 valence electrons. The summed E-state index contributed by atoms with van der Waals surface area (Å²) in [6.45, 7) is 1.84. The maximum absolute atomic E-state index is 11.0. The molecule has 0 aromatic carbocycles. The van der Waals surface area contributed by atoms with E-state index < -0.39 is 9.05 Å². The Kier molecular flexibility index (Phi) is 2.95. The topological polar surface area (TPSA) is 75.7 Å². The second kappa shape index (κ2) is 3.99. The van der Waals surface area contributed by atoms with Gasteiger partial charge in [0.25, 0.3) is 14.2 Å². The Balaban J connectivity index is 2.51. The summed E-state index contributed by atoms with van der Waals surface area (Å²) in [5.74, 6) is 0.224. The molecule has 0 radical (unpaired) electrons. The minimum Gasteiger partial charge on any atom is -0.248 e. The average molecular weight is 298 g/mol. The van der Waals surface area contributed by atoms with Gasteiger partial charge in [-0.05, 0) is 17.9 Å². The molecular formula is C7H5Cl2N3O2S2. The molecule has 0 fully saturated rings. The van der Waals surface area contributed by atoms with E-state index in [1.807, 2.05) is 12.3 Å². The highest BCUT2D eigenvalue weighted by Gasteiger charge is 2.19. The van der Waals surface area contributed by atoms with Crippen molar-refractivity contribution in [2.75, 3.05) is 0 Å². The normalized spacial score (nSPS) is 11.9. The van der Waals surface area contributed by atoms with E-state index in [1.54, 1.807) is 0 Å². The van der Waals surface area contributed by atoms with Crippen LogP contribution in [-0.4, -0.2) is 23.6 Å². The third kappa shape index (κ3) is 2.08. The van der Waals surface area contributed by atoms with Gasteiger partial charge in [-0.3, -0.25) is 0 Å². The summed E-state index contributed by atoms with van der Waals surface area (Å²) in [5, 5.41) is 7.97. The standard InChI is InChI=1S/C7H5Cl2N3O2S2/c1-3-2-15-5(4(3)8)6-10-7(12-11-6)16(9,13)14/h2H,1H3,(H,10,11,12). The number of halogens is 2. The predicted molar refractivity (Wildman–Crippen MR) is 62.5 cm³/mol. The van der Waals surface area contributed by atoms with Gasteiger partial charge >= 0.3 is 0 Å². The molecule has 2 heterocycles. The van der Waals surface area contributed by atoms with Gasteiger partial charge in [-0.15, -0.1) is 11.3 Å². The highest BCUT2D eigenvalue weighted by Crippen LogP contribution is 2.34. The first-order valence-electron chi connectivity index (χ1n) is 4.00. The van der Waals surface area contributed by atoms with Crippen molar-refractivity contribution in [3.05, 3.63) is 16.0 Å². The number of rotatable bonds is 2. The van der Waals surface area contributed by atoms with Crippen LogP contribution >= 0.6 is 33.6 Å². The summed E-state index contributed by atoms with van der Waals surface area (Å²) in [6.07, 6.45) is 0. The van der Waals surface area contributed by atoms with Crippen molar-refractivity contribution >= 4 is 42.7 Å². The molecule has 9 heteroatoms. The van der Waals surface area contributed by atoms with Crippen LogP contribution in [0.5, 0.6) is 0 Å². The summed E-state index contributed by atoms with van der Waals surface area (Å²) in [6, 6.07) is 0. The van der Waals surface area contributed by atoms with Crippen molar-refractivity contribution in [2.24, 2.45) is 0 Å². The van der Waals surface area contributed by atoms with Gasteiger partial charge in [-0.2, -0.15) is 10.1 Å². The zero-order valence-electron chi connectivity index (χ0n) is 7.86. The lowest BCUT2D eigenvalue weighted by molar-refractivity contribution is 0.602. The number of hydrogen-bond acceptors (Lipinski definition) is 5. The molecule has 0 unspecified atom stereocenters. The zero-order valence-corrected chi connectivity index (χ0v) is 11.0. The van der Waals surface area contributed by atoms with Crippen LogP contribution in [0.25, 0.3) is 10.7 Å². The Hall–Kier alpha value is -0.630. The van der Waals surface area contributed by atoms with Gasteiger partial charge in [0, 0.05) is 10.7 Å². The van der Waals surface area contributed by atoms with Crippen LogP contribution in [-0.2, 0) is 9.05 Å². The van der Waals surface area contributed by atoms with E-state index >= 15 is 0 Å². The van der Waals surface area contributed by atoms with Crippen LogP contribution in [0.1, 0.15) is 5.56 Å². The molecular weight excluding hydrogens is 293 g/mol.